The van der Waals surface area contributed by atoms with Gasteiger partial charge in [-0.15, -0.1) is 0 Å². The molecule has 0 N–H and O–H groups in total. The summed E-state index contributed by atoms with van der Waals surface area (Å²) in [5.41, 5.74) is 3.26. The summed E-state index contributed by atoms with van der Waals surface area (Å²) in [4.78, 5) is 18.5. The number of carbonyl (C=O) groups is 1. The number of carbonyl (C=O) groups excluding carboxylic acids is 1. The number of anilines is 2. The van der Waals surface area contributed by atoms with Crippen LogP contribution in [-0.4, -0.2) is 29.2 Å². The highest BCUT2D eigenvalue weighted by molar-refractivity contribution is 5.98. The van der Waals surface area contributed by atoms with Gasteiger partial charge in [0, 0.05) is 36.9 Å². The molecule has 1 aromatic heterocycles. The second-order valence-corrected chi connectivity index (χ2v) is 7.16. The van der Waals surface area contributed by atoms with Crippen molar-refractivity contribution < 1.29 is 18.3 Å². The largest absolute Gasteiger partial charge is 0.465 e. The molecule has 0 amide bonds. The monoisotopic (exact) mass is 433 g/mol. The fourth-order valence-corrected chi connectivity index (χ4v) is 3.52. The van der Waals surface area contributed by atoms with Crippen molar-refractivity contribution in [2.45, 2.75) is 6.54 Å². The first-order valence-electron chi connectivity index (χ1n) is 10.0. The Morgan fingerprint density at radius 2 is 1.62 bits per heavy atom. The molecule has 3 aromatic carbocycles. The van der Waals surface area contributed by atoms with Crippen LogP contribution in [0.3, 0.4) is 0 Å². The third-order valence-electron chi connectivity index (χ3n) is 5.15. The summed E-state index contributed by atoms with van der Waals surface area (Å²) in [5.74, 6) is -1.17. The average Bonchev–Trinajstić information content (AvgIpc) is 3.34. The first kappa shape index (κ1) is 21.2. The average molecular weight is 433 g/mol. The van der Waals surface area contributed by atoms with E-state index in [1.165, 1.54) is 31.4 Å². The molecule has 0 aliphatic carbocycles. The SMILES string of the molecule is COC(=O)c1ccc(N(CCn2ccnc2)c2ccc(F)cc2)cc1-c1ccc(F)cc1. The minimum atomic E-state index is -0.484. The quantitative estimate of drug-likeness (QED) is 0.364. The van der Waals surface area contributed by atoms with Crippen LogP contribution in [-0.2, 0) is 11.3 Å². The van der Waals surface area contributed by atoms with Gasteiger partial charge in [-0.3, -0.25) is 0 Å². The maximum absolute atomic E-state index is 13.5. The summed E-state index contributed by atoms with van der Waals surface area (Å²) in [6.45, 7) is 1.21. The molecule has 0 fully saturated rings. The molecule has 4 aromatic rings. The molecule has 0 bridgehead atoms. The number of halogens is 2. The highest BCUT2D eigenvalue weighted by atomic mass is 19.1. The molecule has 7 heteroatoms. The lowest BCUT2D eigenvalue weighted by Crippen LogP contribution is -2.22. The number of hydrogen-bond donors (Lipinski definition) is 0. The molecule has 0 atom stereocenters. The number of imidazole rings is 1. The summed E-state index contributed by atoms with van der Waals surface area (Å²) in [7, 11) is 1.32. The fourth-order valence-electron chi connectivity index (χ4n) is 3.52. The molecule has 0 aliphatic heterocycles. The van der Waals surface area contributed by atoms with E-state index in [4.69, 9.17) is 4.74 Å². The fraction of sp³-hybridized carbons (Fsp3) is 0.120. The maximum Gasteiger partial charge on any atom is 0.338 e. The Bertz CT molecular complexity index is 1190. The van der Waals surface area contributed by atoms with Crippen LogP contribution in [0.1, 0.15) is 10.4 Å². The van der Waals surface area contributed by atoms with Gasteiger partial charge in [-0.1, -0.05) is 12.1 Å². The van der Waals surface area contributed by atoms with E-state index in [0.29, 0.717) is 29.8 Å². The van der Waals surface area contributed by atoms with Crippen molar-refractivity contribution in [2.75, 3.05) is 18.6 Å². The van der Waals surface area contributed by atoms with E-state index >= 15 is 0 Å². The van der Waals surface area contributed by atoms with Crippen molar-refractivity contribution in [1.29, 1.82) is 0 Å². The summed E-state index contributed by atoms with van der Waals surface area (Å²) < 4.78 is 33.9. The van der Waals surface area contributed by atoms with E-state index in [-0.39, 0.29) is 11.6 Å². The van der Waals surface area contributed by atoms with Gasteiger partial charge in [0.25, 0.3) is 0 Å². The molecule has 0 radical (unpaired) electrons. The molecule has 5 nitrogen and oxygen atoms in total. The molecule has 0 unspecified atom stereocenters. The first-order chi connectivity index (χ1) is 15.5. The van der Waals surface area contributed by atoms with E-state index in [2.05, 4.69) is 4.98 Å². The van der Waals surface area contributed by atoms with Gasteiger partial charge in [-0.25, -0.2) is 18.6 Å². The topological polar surface area (TPSA) is 47.4 Å². The van der Waals surface area contributed by atoms with Crippen LogP contribution in [0.5, 0.6) is 0 Å². The van der Waals surface area contributed by atoms with Gasteiger partial charge in [-0.05, 0) is 65.7 Å². The van der Waals surface area contributed by atoms with Crippen molar-refractivity contribution in [2.24, 2.45) is 0 Å². The molecule has 0 saturated carbocycles. The number of ether oxygens (including phenoxy) is 1. The third-order valence-corrected chi connectivity index (χ3v) is 5.15. The van der Waals surface area contributed by atoms with Crippen LogP contribution >= 0.6 is 0 Å². The van der Waals surface area contributed by atoms with Crippen molar-refractivity contribution >= 4 is 17.3 Å². The van der Waals surface area contributed by atoms with Crippen molar-refractivity contribution in [3.8, 4) is 11.1 Å². The van der Waals surface area contributed by atoms with E-state index in [9.17, 15) is 13.6 Å². The highest BCUT2D eigenvalue weighted by Crippen LogP contribution is 2.33. The molecular weight excluding hydrogens is 412 g/mol. The van der Waals surface area contributed by atoms with Crippen molar-refractivity contribution in [1.82, 2.24) is 9.55 Å². The Morgan fingerprint density at radius 1 is 0.969 bits per heavy atom. The van der Waals surface area contributed by atoms with E-state index in [1.807, 2.05) is 27.8 Å². The Morgan fingerprint density at radius 3 is 2.25 bits per heavy atom. The molecule has 0 aliphatic rings. The normalized spacial score (nSPS) is 10.7. The third kappa shape index (κ3) is 4.67. The lowest BCUT2D eigenvalue weighted by atomic mass is 9.98. The van der Waals surface area contributed by atoms with Crippen LogP contribution in [0, 0.1) is 11.6 Å². The summed E-state index contributed by atoms with van der Waals surface area (Å²) >= 11 is 0. The van der Waals surface area contributed by atoms with Crippen LogP contribution < -0.4 is 4.90 Å². The van der Waals surface area contributed by atoms with Gasteiger partial charge in [0.1, 0.15) is 11.6 Å². The predicted octanol–water partition coefficient (Wildman–Crippen LogP) is 5.45. The molecule has 4 rings (SSSR count). The number of aromatic nitrogens is 2. The van der Waals surface area contributed by atoms with E-state index in [0.717, 1.165) is 11.4 Å². The van der Waals surface area contributed by atoms with Gasteiger partial charge in [0.2, 0.25) is 0 Å². The minimum absolute atomic E-state index is 0.323. The zero-order chi connectivity index (χ0) is 22.5. The Balaban J connectivity index is 1.78. The zero-order valence-electron chi connectivity index (χ0n) is 17.4. The van der Waals surface area contributed by atoms with Crippen LogP contribution in [0.2, 0.25) is 0 Å². The van der Waals surface area contributed by atoms with Crippen molar-refractivity contribution in [3.05, 3.63) is 103 Å². The number of esters is 1. The van der Waals surface area contributed by atoms with Gasteiger partial charge >= 0.3 is 5.97 Å². The summed E-state index contributed by atoms with van der Waals surface area (Å²) in [6.07, 6.45) is 5.31. The lowest BCUT2D eigenvalue weighted by molar-refractivity contribution is 0.0601. The number of nitrogens with zero attached hydrogens (tertiary/aromatic N) is 3. The highest BCUT2D eigenvalue weighted by Gasteiger charge is 2.18. The summed E-state index contributed by atoms with van der Waals surface area (Å²) in [5, 5.41) is 0. The number of hydrogen-bond acceptors (Lipinski definition) is 4. The van der Waals surface area contributed by atoms with Crippen LogP contribution in [0.4, 0.5) is 20.2 Å². The molecule has 32 heavy (non-hydrogen) atoms. The smallest absolute Gasteiger partial charge is 0.338 e. The van der Waals surface area contributed by atoms with E-state index < -0.39 is 5.97 Å². The van der Waals surface area contributed by atoms with Crippen LogP contribution in [0.25, 0.3) is 11.1 Å². The molecule has 162 valence electrons. The molecule has 0 saturated heterocycles. The first-order valence-corrected chi connectivity index (χ1v) is 10.0. The number of methoxy groups -OCH3 is 1. The van der Waals surface area contributed by atoms with Gasteiger partial charge < -0.3 is 14.2 Å². The molecule has 0 spiro atoms. The predicted molar refractivity (Wildman–Crippen MR) is 119 cm³/mol. The number of benzene rings is 3. The summed E-state index contributed by atoms with van der Waals surface area (Å²) in [6, 6.07) is 17.5. The van der Waals surface area contributed by atoms with Gasteiger partial charge in [0.15, 0.2) is 0 Å². The van der Waals surface area contributed by atoms with Gasteiger partial charge in [0.05, 0.1) is 19.0 Å². The Kier molecular flexibility index (Phi) is 6.26. The number of rotatable bonds is 7. The molecule has 1 heterocycles. The van der Waals surface area contributed by atoms with Gasteiger partial charge in [-0.2, -0.15) is 0 Å². The maximum atomic E-state index is 13.5. The minimum Gasteiger partial charge on any atom is -0.465 e. The standard InChI is InChI=1S/C25H21F2N3O2/c1-32-25(31)23-11-10-22(16-24(23)18-2-4-19(26)5-3-18)30(15-14-29-13-12-28-17-29)21-8-6-20(27)7-9-21/h2-13,16-17H,14-15H2,1H3. The Hall–Kier alpha value is -4.00. The Labute approximate surface area is 184 Å². The van der Waals surface area contributed by atoms with Crippen LogP contribution in [0.15, 0.2) is 85.5 Å². The second kappa shape index (κ2) is 9.43. The second-order valence-electron chi connectivity index (χ2n) is 7.16. The zero-order valence-corrected chi connectivity index (χ0v) is 17.4. The van der Waals surface area contributed by atoms with E-state index in [1.54, 1.807) is 42.9 Å². The van der Waals surface area contributed by atoms with Crippen molar-refractivity contribution in [3.63, 3.8) is 0 Å². The lowest BCUT2D eigenvalue weighted by Gasteiger charge is -2.26. The molecular formula is C25H21F2N3O2.